The summed E-state index contributed by atoms with van der Waals surface area (Å²) in [6.07, 6.45) is 3.03. The Morgan fingerprint density at radius 2 is 1.96 bits per heavy atom. The van der Waals surface area contributed by atoms with Crippen LogP contribution in [-0.2, 0) is 0 Å². The molecule has 1 fully saturated rings. The van der Waals surface area contributed by atoms with Gasteiger partial charge in [-0.05, 0) is 56.7 Å². The molecule has 1 aromatic heterocycles. The highest BCUT2D eigenvalue weighted by Gasteiger charge is 2.65. The van der Waals surface area contributed by atoms with Crippen LogP contribution in [0.15, 0.2) is 52.9 Å². The molecule has 2 N–H and O–H groups in total. The Balaban J connectivity index is 1.80. The standard InChI is InChI=1S/C20H24N4O2S/c1-19(2)18(16-11-8-14-27-16)23(25)20(24(19)26)13-7-6-12-17(20)22-21-15-9-4-3-5-10-15/h3-5,8-11,14,21,26H,6-7,12-13H2,1-2H3/t20-/m0/s1. The second kappa shape index (κ2) is 6.74. The van der Waals surface area contributed by atoms with Crippen molar-refractivity contribution < 1.29 is 9.95 Å². The first kappa shape index (κ1) is 18.2. The van der Waals surface area contributed by atoms with Crippen LogP contribution in [0.25, 0.3) is 0 Å². The largest absolute Gasteiger partial charge is 0.622 e. The summed E-state index contributed by atoms with van der Waals surface area (Å²) in [4.78, 5) is 0.881. The van der Waals surface area contributed by atoms with Crippen LogP contribution in [0, 0.1) is 5.21 Å². The van der Waals surface area contributed by atoms with Crippen LogP contribution in [0.5, 0.6) is 0 Å². The van der Waals surface area contributed by atoms with E-state index in [1.54, 1.807) is 0 Å². The predicted molar refractivity (Wildman–Crippen MR) is 108 cm³/mol. The second-order valence-electron chi connectivity index (χ2n) is 7.55. The first-order valence-electron chi connectivity index (χ1n) is 9.24. The maximum atomic E-state index is 13.6. The Labute approximate surface area is 163 Å². The Hall–Kier alpha value is -2.22. The third-order valence-corrected chi connectivity index (χ3v) is 6.37. The summed E-state index contributed by atoms with van der Waals surface area (Å²) in [6.45, 7) is 3.77. The number of thiophene rings is 1. The molecule has 7 heteroatoms. The number of nitrogens with zero attached hydrogens (tertiary/aromatic N) is 3. The normalized spacial score (nSPS) is 26.9. The van der Waals surface area contributed by atoms with Crippen LogP contribution >= 0.6 is 11.3 Å². The topological polar surface area (TPSA) is 73.9 Å². The van der Waals surface area contributed by atoms with Crippen molar-refractivity contribution in [1.29, 1.82) is 0 Å². The number of anilines is 1. The molecule has 2 aromatic rings. The molecule has 6 nitrogen and oxygen atoms in total. The number of hydroxylamine groups is 3. The molecule has 1 aromatic carbocycles. The van der Waals surface area contributed by atoms with E-state index < -0.39 is 11.2 Å². The minimum absolute atomic E-state index is 0.542. The van der Waals surface area contributed by atoms with Crippen molar-refractivity contribution in [1.82, 2.24) is 5.06 Å². The molecule has 0 amide bonds. The van der Waals surface area contributed by atoms with Crippen molar-refractivity contribution in [3.8, 4) is 0 Å². The molecule has 0 unspecified atom stereocenters. The second-order valence-corrected chi connectivity index (χ2v) is 8.50. The molecule has 27 heavy (non-hydrogen) atoms. The zero-order chi connectivity index (χ0) is 19.1. The summed E-state index contributed by atoms with van der Waals surface area (Å²) >= 11 is 1.52. The molecule has 1 aliphatic heterocycles. The van der Waals surface area contributed by atoms with Crippen molar-refractivity contribution in [2.24, 2.45) is 5.10 Å². The van der Waals surface area contributed by atoms with E-state index >= 15 is 0 Å². The highest BCUT2D eigenvalue weighted by Crippen LogP contribution is 2.43. The van der Waals surface area contributed by atoms with E-state index in [4.69, 9.17) is 0 Å². The van der Waals surface area contributed by atoms with Gasteiger partial charge in [0.2, 0.25) is 5.71 Å². The van der Waals surface area contributed by atoms with Gasteiger partial charge < -0.3 is 10.4 Å². The van der Waals surface area contributed by atoms with Crippen LogP contribution in [-0.4, -0.2) is 37.6 Å². The van der Waals surface area contributed by atoms with Gasteiger partial charge in [0.15, 0.2) is 0 Å². The molecule has 1 atom stereocenters. The molecule has 0 bridgehead atoms. The van der Waals surface area contributed by atoms with Crippen LogP contribution < -0.4 is 5.43 Å². The van der Waals surface area contributed by atoms with Gasteiger partial charge in [0.05, 0.1) is 10.6 Å². The number of rotatable bonds is 3. The molecule has 142 valence electrons. The number of nitrogens with one attached hydrogen (secondary N) is 1. The molecule has 2 aliphatic rings. The van der Waals surface area contributed by atoms with Crippen molar-refractivity contribution in [2.45, 2.75) is 50.7 Å². The summed E-state index contributed by atoms with van der Waals surface area (Å²) in [5.74, 6) is 0. The lowest BCUT2D eigenvalue weighted by Gasteiger charge is -2.38. The molecule has 0 radical (unpaired) electrons. The monoisotopic (exact) mass is 384 g/mol. The van der Waals surface area contributed by atoms with Gasteiger partial charge in [-0.3, -0.25) is 5.43 Å². The summed E-state index contributed by atoms with van der Waals surface area (Å²) in [7, 11) is 0. The Morgan fingerprint density at radius 1 is 1.19 bits per heavy atom. The maximum absolute atomic E-state index is 13.6. The van der Waals surface area contributed by atoms with Gasteiger partial charge in [-0.25, -0.2) is 0 Å². The highest BCUT2D eigenvalue weighted by atomic mass is 32.1. The van der Waals surface area contributed by atoms with Crippen molar-refractivity contribution in [2.75, 3.05) is 5.43 Å². The molecule has 4 rings (SSSR count). The lowest BCUT2D eigenvalue weighted by atomic mass is 9.86. The number of para-hydroxylation sites is 1. The number of hydrogen-bond acceptors (Lipinski definition) is 6. The summed E-state index contributed by atoms with van der Waals surface area (Å²) in [5.41, 5.74) is 3.21. The smallest absolute Gasteiger partial charge is 0.292 e. The highest BCUT2D eigenvalue weighted by molar-refractivity contribution is 7.12. The van der Waals surface area contributed by atoms with Crippen LogP contribution in [0.3, 0.4) is 0 Å². The van der Waals surface area contributed by atoms with Crippen LogP contribution in [0.4, 0.5) is 5.69 Å². The lowest BCUT2D eigenvalue weighted by Crippen LogP contribution is -2.60. The Morgan fingerprint density at radius 3 is 2.67 bits per heavy atom. The maximum Gasteiger partial charge on any atom is 0.292 e. The van der Waals surface area contributed by atoms with Gasteiger partial charge in [-0.1, -0.05) is 24.3 Å². The van der Waals surface area contributed by atoms with Gasteiger partial charge in [-0.15, -0.1) is 16.4 Å². The van der Waals surface area contributed by atoms with Gasteiger partial charge in [-0.2, -0.15) is 9.84 Å². The number of hydrogen-bond donors (Lipinski definition) is 2. The minimum atomic E-state index is -1.16. The van der Waals surface area contributed by atoms with Gasteiger partial charge >= 0.3 is 0 Å². The molecule has 1 aliphatic carbocycles. The zero-order valence-electron chi connectivity index (χ0n) is 15.6. The Kier molecular flexibility index (Phi) is 4.53. The van der Waals surface area contributed by atoms with Crippen molar-refractivity contribution in [3.05, 3.63) is 57.9 Å². The minimum Gasteiger partial charge on any atom is -0.622 e. The lowest BCUT2D eigenvalue weighted by molar-refractivity contribution is -0.568. The Bertz CT molecular complexity index is 877. The third kappa shape index (κ3) is 2.77. The summed E-state index contributed by atoms with van der Waals surface area (Å²) in [6, 6.07) is 13.5. The first-order valence-corrected chi connectivity index (χ1v) is 10.1. The van der Waals surface area contributed by atoms with E-state index in [-0.39, 0.29) is 0 Å². The van der Waals surface area contributed by atoms with E-state index in [1.807, 2.05) is 61.7 Å². The van der Waals surface area contributed by atoms with E-state index in [2.05, 4.69) is 10.5 Å². The average molecular weight is 385 g/mol. The van der Waals surface area contributed by atoms with E-state index in [0.29, 0.717) is 24.3 Å². The molecule has 2 heterocycles. The van der Waals surface area contributed by atoms with E-state index in [9.17, 15) is 10.4 Å². The van der Waals surface area contributed by atoms with Crippen LogP contribution in [0.1, 0.15) is 44.4 Å². The van der Waals surface area contributed by atoms with Crippen molar-refractivity contribution in [3.63, 3.8) is 0 Å². The predicted octanol–water partition coefficient (Wildman–Crippen LogP) is 4.27. The fraction of sp³-hybridized carbons (Fsp3) is 0.400. The van der Waals surface area contributed by atoms with E-state index in [0.717, 1.165) is 28.1 Å². The molecule has 1 spiro atoms. The summed E-state index contributed by atoms with van der Waals surface area (Å²) in [5, 5.41) is 32.6. The van der Waals surface area contributed by atoms with E-state index in [1.165, 1.54) is 16.4 Å². The summed E-state index contributed by atoms with van der Waals surface area (Å²) < 4.78 is 1.00. The fourth-order valence-corrected chi connectivity index (χ4v) is 5.05. The fourth-order valence-electron chi connectivity index (χ4n) is 4.14. The number of benzene rings is 1. The molecular weight excluding hydrogens is 360 g/mol. The van der Waals surface area contributed by atoms with Gasteiger partial charge in [0, 0.05) is 6.42 Å². The molecular formula is C20H24N4O2S. The quantitative estimate of drug-likeness (QED) is 0.471. The third-order valence-electron chi connectivity index (χ3n) is 5.50. The molecule has 0 saturated heterocycles. The molecule has 1 saturated carbocycles. The zero-order valence-corrected chi connectivity index (χ0v) is 16.4. The van der Waals surface area contributed by atoms with Crippen molar-refractivity contribution >= 4 is 28.4 Å². The average Bonchev–Trinajstić information content (AvgIpc) is 3.24. The van der Waals surface area contributed by atoms with Crippen LogP contribution in [0.2, 0.25) is 0 Å². The SMILES string of the molecule is CC1(C)C(c2cccs2)=[N+]([O-])[C@@]2(CCCCC2=NNc2ccccc2)N1O. The van der Waals surface area contributed by atoms with Gasteiger partial charge in [0.25, 0.3) is 5.66 Å². The number of hydrazone groups is 1. The van der Waals surface area contributed by atoms with Gasteiger partial charge in [0.1, 0.15) is 11.3 Å². The first-order chi connectivity index (χ1) is 13.0.